The van der Waals surface area contributed by atoms with Gasteiger partial charge in [-0.2, -0.15) is 5.26 Å². The van der Waals surface area contributed by atoms with Crippen LogP contribution < -0.4 is 10.6 Å². The van der Waals surface area contributed by atoms with Crippen LogP contribution in [0, 0.1) is 25.2 Å². The number of hydrogen-bond donors (Lipinski definition) is 2. The number of aryl methyl sites for hydroxylation is 1. The SMILES string of the molecule is Cc1cccc(NC(=O)CN(C)C(C)C(=O)Nc2cccc(C#N)c2)c1C. The van der Waals surface area contributed by atoms with Crippen LogP contribution in [0.1, 0.15) is 23.6 Å². The Balaban J connectivity index is 1.94. The quantitative estimate of drug-likeness (QED) is 0.825. The van der Waals surface area contributed by atoms with Gasteiger partial charge in [-0.3, -0.25) is 14.5 Å². The molecule has 0 fully saturated rings. The molecule has 0 aliphatic rings. The summed E-state index contributed by atoms with van der Waals surface area (Å²) >= 11 is 0. The number of anilines is 2. The summed E-state index contributed by atoms with van der Waals surface area (Å²) < 4.78 is 0. The molecule has 0 heterocycles. The Labute approximate surface area is 159 Å². The second-order valence-corrected chi connectivity index (χ2v) is 6.57. The summed E-state index contributed by atoms with van der Waals surface area (Å²) in [6.07, 6.45) is 0. The molecular formula is C21H24N4O2. The fourth-order valence-electron chi connectivity index (χ4n) is 2.55. The minimum atomic E-state index is -0.514. The van der Waals surface area contributed by atoms with E-state index < -0.39 is 6.04 Å². The molecule has 0 spiro atoms. The van der Waals surface area contributed by atoms with E-state index in [0.717, 1.165) is 16.8 Å². The average molecular weight is 364 g/mol. The van der Waals surface area contributed by atoms with Crippen LogP contribution in [-0.2, 0) is 9.59 Å². The summed E-state index contributed by atoms with van der Waals surface area (Å²) in [4.78, 5) is 26.4. The molecule has 2 N–H and O–H groups in total. The van der Waals surface area contributed by atoms with E-state index in [-0.39, 0.29) is 18.4 Å². The summed E-state index contributed by atoms with van der Waals surface area (Å²) in [6.45, 7) is 5.76. The molecule has 0 aromatic heterocycles. The van der Waals surface area contributed by atoms with Gasteiger partial charge in [0.15, 0.2) is 0 Å². The lowest BCUT2D eigenvalue weighted by atomic mass is 10.1. The summed E-state index contributed by atoms with van der Waals surface area (Å²) in [5, 5.41) is 14.6. The summed E-state index contributed by atoms with van der Waals surface area (Å²) in [5.74, 6) is -0.426. The number of nitriles is 1. The van der Waals surface area contributed by atoms with Crippen molar-refractivity contribution in [3.05, 3.63) is 59.2 Å². The first-order valence-electron chi connectivity index (χ1n) is 8.69. The zero-order valence-corrected chi connectivity index (χ0v) is 16.0. The minimum Gasteiger partial charge on any atom is -0.325 e. The first-order valence-corrected chi connectivity index (χ1v) is 8.69. The topological polar surface area (TPSA) is 85.2 Å². The normalized spacial score (nSPS) is 11.6. The van der Waals surface area contributed by atoms with Crippen molar-refractivity contribution >= 4 is 23.2 Å². The lowest BCUT2D eigenvalue weighted by molar-refractivity contribution is -0.122. The van der Waals surface area contributed by atoms with Gasteiger partial charge in [-0.1, -0.05) is 18.2 Å². The Morgan fingerprint density at radius 1 is 1.15 bits per heavy atom. The molecule has 140 valence electrons. The Bertz CT molecular complexity index is 886. The minimum absolute atomic E-state index is 0.0835. The molecule has 2 aromatic rings. The molecule has 6 heteroatoms. The molecule has 27 heavy (non-hydrogen) atoms. The van der Waals surface area contributed by atoms with Gasteiger partial charge in [0, 0.05) is 11.4 Å². The van der Waals surface area contributed by atoms with E-state index in [1.807, 2.05) is 38.1 Å². The first-order chi connectivity index (χ1) is 12.8. The van der Waals surface area contributed by atoms with Crippen LogP contribution in [0.2, 0.25) is 0 Å². The summed E-state index contributed by atoms with van der Waals surface area (Å²) in [5.41, 5.74) is 3.94. The first kappa shape index (κ1) is 20.1. The molecule has 2 rings (SSSR count). The Kier molecular flexibility index (Phi) is 6.69. The van der Waals surface area contributed by atoms with Crippen molar-refractivity contribution in [2.45, 2.75) is 26.8 Å². The Morgan fingerprint density at radius 2 is 1.85 bits per heavy atom. The molecule has 1 atom stereocenters. The number of nitrogens with zero attached hydrogens (tertiary/aromatic N) is 2. The van der Waals surface area contributed by atoms with Gasteiger partial charge in [-0.15, -0.1) is 0 Å². The van der Waals surface area contributed by atoms with E-state index in [2.05, 4.69) is 10.6 Å². The highest BCUT2D eigenvalue weighted by atomic mass is 16.2. The van der Waals surface area contributed by atoms with Gasteiger partial charge in [0.05, 0.1) is 24.2 Å². The Morgan fingerprint density at radius 3 is 2.56 bits per heavy atom. The van der Waals surface area contributed by atoms with Crippen molar-refractivity contribution < 1.29 is 9.59 Å². The third kappa shape index (κ3) is 5.40. The van der Waals surface area contributed by atoms with Crippen LogP contribution in [-0.4, -0.2) is 36.3 Å². The van der Waals surface area contributed by atoms with Crippen molar-refractivity contribution in [2.75, 3.05) is 24.2 Å². The molecule has 0 saturated heterocycles. The van der Waals surface area contributed by atoms with Gasteiger partial charge in [0.25, 0.3) is 0 Å². The van der Waals surface area contributed by atoms with Crippen molar-refractivity contribution in [3.63, 3.8) is 0 Å². The van der Waals surface area contributed by atoms with Crippen molar-refractivity contribution in [3.8, 4) is 6.07 Å². The van der Waals surface area contributed by atoms with E-state index in [9.17, 15) is 9.59 Å². The molecular weight excluding hydrogens is 340 g/mol. The van der Waals surface area contributed by atoms with Crippen LogP contribution in [0.25, 0.3) is 0 Å². The largest absolute Gasteiger partial charge is 0.325 e. The maximum absolute atomic E-state index is 12.4. The number of carbonyl (C=O) groups is 2. The van der Waals surface area contributed by atoms with Gasteiger partial charge < -0.3 is 10.6 Å². The van der Waals surface area contributed by atoms with Gasteiger partial charge in [0.1, 0.15) is 0 Å². The van der Waals surface area contributed by atoms with Crippen molar-refractivity contribution in [1.82, 2.24) is 4.90 Å². The summed E-state index contributed by atoms with van der Waals surface area (Å²) in [6, 6.07) is 14.0. The van der Waals surface area contributed by atoms with Crippen LogP contribution in [0.3, 0.4) is 0 Å². The van der Waals surface area contributed by atoms with Gasteiger partial charge in [-0.25, -0.2) is 0 Å². The maximum atomic E-state index is 12.4. The van der Waals surface area contributed by atoms with Crippen LogP contribution in [0.4, 0.5) is 11.4 Å². The number of rotatable bonds is 6. The van der Waals surface area contributed by atoms with Crippen LogP contribution in [0.5, 0.6) is 0 Å². The van der Waals surface area contributed by atoms with Crippen LogP contribution in [0.15, 0.2) is 42.5 Å². The zero-order valence-electron chi connectivity index (χ0n) is 16.0. The highest BCUT2D eigenvalue weighted by Gasteiger charge is 2.20. The number of nitrogens with one attached hydrogen (secondary N) is 2. The van der Waals surface area contributed by atoms with E-state index in [1.54, 1.807) is 43.1 Å². The molecule has 0 saturated carbocycles. The van der Waals surface area contributed by atoms with Gasteiger partial charge >= 0.3 is 0 Å². The van der Waals surface area contributed by atoms with Crippen molar-refractivity contribution in [1.29, 1.82) is 5.26 Å². The molecule has 2 amide bonds. The van der Waals surface area contributed by atoms with Gasteiger partial charge in [0.2, 0.25) is 11.8 Å². The fourth-order valence-corrected chi connectivity index (χ4v) is 2.55. The molecule has 6 nitrogen and oxygen atoms in total. The second kappa shape index (κ2) is 8.97. The molecule has 0 aliphatic heterocycles. The molecule has 0 aliphatic carbocycles. The zero-order chi connectivity index (χ0) is 20.0. The number of likely N-dealkylation sites (N-methyl/N-ethyl adjacent to an activating group) is 1. The molecule has 1 unspecified atom stereocenters. The number of hydrogen-bond acceptors (Lipinski definition) is 4. The standard InChI is InChI=1S/C21H24N4O2/c1-14-7-5-10-19(15(14)2)24-20(26)13-25(4)16(3)21(27)23-18-9-6-8-17(11-18)12-22/h5-11,16H,13H2,1-4H3,(H,23,27)(H,24,26). The van der Waals surface area contributed by atoms with Crippen LogP contribution >= 0.6 is 0 Å². The van der Waals surface area contributed by atoms with E-state index in [0.29, 0.717) is 11.3 Å². The van der Waals surface area contributed by atoms with Gasteiger partial charge in [-0.05, 0) is 63.2 Å². The van der Waals surface area contributed by atoms with Crippen molar-refractivity contribution in [2.24, 2.45) is 0 Å². The predicted octanol–water partition coefficient (Wildman–Crippen LogP) is 3.07. The smallest absolute Gasteiger partial charge is 0.241 e. The number of benzene rings is 2. The van der Waals surface area contributed by atoms with E-state index >= 15 is 0 Å². The maximum Gasteiger partial charge on any atom is 0.241 e. The molecule has 0 radical (unpaired) electrons. The second-order valence-electron chi connectivity index (χ2n) is 6.57. The lowest BCUT2D eigenvalue weighted by Crippen LogP contribution is -2.43. The third-order valence-corrected chi connectivity index (χ3v) is 4.57. The fraction of sp³-hybridized carbons (Fsp3) is 0.286. The summed E-state index contributed by atoms with van der Waals surface area (Å²) in [7, 11) is 1.72. The number of amides is 2. The lowest BCUT2D eigenvalue weighted by Gasteiger charge is -2.23. The predicted molar refractivity (Wildman–Crippen MR) is 106 cm³/mol. The number of carbonyl (C=O) groups excluding carboxylic acids is 2. The van der Waals surface area contributed by atoms with E-state index in [1.165, 1.54) is 0 Å². The molecule has 0 bridgehead atoms. The third-order valence-electron chi connectivity index (χ3n) is 4.57. The monoisotopic (exact) mass is 364 g/mol. The highest BCUT2D eigenvalue weighted by Crippen LogP contribution is 2.18. The van der Waals surface area contributed by atoms with E-state index in [4.69, 9.17) is 5.26 Å². The average Bonchev–Trinajstić information content (AvgIpc) is 2.64. The molecule has 2 aromatic carbocycles. The Hall–Kier alpha value is -3.17. The highest BCUT2D eigenvalue weighted by molar-refractivity contribution is 5.96.